The molecule has 4 heteroatoms. The Morgan fingerprint density at radius 3 is 2.07 bits per heavy atom. The van der Waals surface area contributed by atoms with Crippen molar-refractivity contribution in [2.45, 2.75) is 51.7 Å². The number of carboxylic acid groups (broad SMARTS) is 1. The Morgan fingerprint density at radius 2 is 1.79 bits per heavy atom. The van der Waals surface area contributed by atoms with Crippen molar-refractivity contribution in [3.8, 4) is 0 Å². The molecule has 0 aliphatic carbocycles. The van der Waals surface area contributed by atoms with E-state index in [4.69, 9.17) is 5.11 Å². The molecule has 0 aromatic carbocycles. The number of carbonyl (C=O) groups is 1. The first-order valence-corrected chi connectivity index (χ1v) is 4.98. The second-order valence-corrected chi connectivity index (χ2v) is 4.19. The predicted molar refractivity (Wildman–Crippen MR) is 55.2 cm³/mol. The summed E-state index contributed by atoms with van der Waals surface area (Å²) >= 11 is 0. The van der Waals surface area contributed by atoms with Gasteiger partial charge >= 0.3 is 5.97 Å². The maximum atomic E-state index is 10.9. The molecule has 3 N–H and O–H groups in total. The third-order valence-corrected chi connectivity index (χ3v) is 2.80. The summed E-state index contributed by atoms with van der Waals surface area (Å²) in [5.74, 6) is -0.882. The maximum Gasteiger partial charge on any atom is 0.323 e. The molecule has 2 atom stereocenters. The highest BCUT2D eigenvalue weighted by molar-refractivity contribution is 5.78. The topological polar surface area (TPSA) is 69.6 Å². The molecule has 2 unspecified atom stereocenters. The first kappa shape index (κ1) is 13.4. The van der Waals surface area contributed by atoms with Gasteiger partial charge < -0.3 is 10.2 Å². The van der Waals surface area contributed by atoms with Crippen molar-refractivity contribution in [2.24, 2.45) is 0 Å². The minimum atomic E-state index is -0.945. The van der Waals surface area contributed by atoms with Crippen LogP contribution in [-0.2, 0) is 4.79 Å². The molecule has 0 rings (SSSR count). The van der Waals surface area contributed by atoms with E-state index in [0.29, 0.717) is 19.4 Å². The normalized spacial score (nSPS) is 19.8. The minimum absolute atomic E-state index is 0.292. The molecule has 0 saturated carbocycles. The average molecular weight is 203 g/mol. The quantitative estimate of drug-likeness (QED) is 0.602. The summed E-state index contributed by atoms with van der Waals surface area (Å²) in [4.78, 5) is 10.9. The van der Waals surface area contributed by atoms with Gasteiger partial charge in [-0.1, -0.05) is 13.8 Å². The van der Waals surface area contributed by atoms with Crippen molar-refractivity contribution in [2.75, 3.05) is 6.54 Å². The van der Waals surface area contributed by atoms with Crippen molar-refractivity contribution in [1.82, 2.24) is 5.32 Å². The van der Waals surface area contributed by atoms with E-state index in [2.05, 4.69) is 5.32 Å². The van der Waals surface area contributed by atoms with E-state index in [1.165, 1.54) is 0 Å². The molecular formula is C10H21NO3. The summed E-state index contributed by atoms with van der Waals surface area (Å²) in [7, 11) is 0. The van der Waals surface area contributed by atoms with Crippen molar-refractivity contribution in [1.29, 1.82) is 0 Å². The van der Waals surface area contributed by atoms with Gasteiger partial charge in [0.2, 0.25) is 0 Å². The highest BCUT2D eigenvalue weighted by Crippen LogP contribution is 2.13. The minimum Gasteiger partial charge on any atom is -0.480 e. The Bertz CT molecular complexity index is 204. The summed E-state index contributed by atoms with van der Waals surface area (Å²) in [6.07, 6.45) is 1.08. The summed E-state index contributed by atoms with van der Waals surface area (Å²) < 4.78 is 0. The van der Waals surface area contributed by atoms with E-state index < -0.39 is 17.1 Å². The number of nitrogens with one attached hydrogen (secondary N) is 1. The SMILES string of the molecule is CCC(C)(O)CNC(C)(CC)C(=O)O. The van der Waals surface area contributed by atoms with Gasteiger partial charge in [0.1, 0.15) is 5.54 Å². The van der Waals surface area contributed by atoms with Gasteiger partial charge in [0, 0.05) is 6.54 Å². The smallest absolute Gasteiger partial charge is 0.323 e. The molecule has 0 saturated heterocycles. The van der Waals surface area contributed by atoms with E-state index in [1.807, 2.05) is 13.8 Å². The molecule has 84 valence electrons. The summed E-state index contributed by atoms with van der Waals surface area (Å²) in [5, 5.41) is 21.6. The number of aliphatic carboxylic acids is 1. The molecule has 0 fully saturated rings. The monoisotopic (exact) mass is 203 g/mol. The van der Waals surface area contributed by atoms with Crippen molar-refractivity contribution < 1.29 is 15.0 Å². The van der Waals surface area contributed by atoms with Gasteiger partial charge in [0.15, 0.2) is 0 Å². The van der Waals surface area contributed by atoms with Crippen molar-refractivity contribution in [3.05, 3.63) is 0 Å². The standard InChI is InChI=1S/C10H21NO3/c1-5-9(3,14)7-11-10(4,6-2)8(12)13/h11,14H,5-7H2,1-4H3,(H,12,13). The fraction of sp³-hybridized carbons (Fsp3) is 0.900. The van der Waals surface area contributed by atoms with Gasteiger partial charge in [-0.3, -0.25) is 10.1 Å². The van der Waals surface area contributed by atoms with Crippen LogP contribution in [-0.4, -0.2) is 33.9 Å². The average Bonchev–Trinajstić information content (AvgIpc) is 2.14. The number of hydrogen-bond acceptors (Lipinski definition) is 3. The van der Waals surface area contributed by atoms with Crippen LogP contribution in [0.5, 0.6) is 0 Å². The van der Waals surface area contributed by atoms with Crippen molar-refractivity contribution >= 4 is 5.97 Å². The molecule has 0 heterocycles. The second kappa shape index (κ2) is 4.75. The van der Waals surface area contributed by atoms with Crippen LogP contribution >= 0.6 is 0 Å². The molecule has 14 heavy (non-hydrogen) atoms. The zero-order valence-electron chi connectivity index (χ0n) is 9.42. The van der Waals surface area contributed by atoms with Gasteiger partial charge in [-0.2, -0.15) is 0 Å². The first-order valence-electron chi connectivity index (χ1n) is 4.98. The second-order valence-electron chi connectivity index (χ2n) is 4.19. The van der Waals surface area contributed by atoms with Gasteiger partial charge in [-0.05, 0) is 26.7 Å². The number of aliphatic hydroxyl groups is 1. The lowest BCUT2D eigenvalue weighted by Gasteiger charge is -2.30. The molecular weight excluding hydrogens is 182 g/mol. The molecule has 0 aliphatic rings. The Hall–Kier alpha value is -0.610. The number of hydrogen-bond donors (Lipinski definition) is 3. The van der Waals surface area contributed by atoms with Crippen LogP contribution in [0.1, 0.15) is 40.5 Å². The predicted octanol–water partition coefficient (Wildman–Crippen LogP) is 0.990. The van der Waals surface area contributed by atoms with E-state index >= 15 is 0 Å². The lowest BCUT2D eigenvalue weighted by Crippen LogP contribution is -2.53. The van der Waals surface area contributed by atoms with Crippen LogP contribution in [0.25, 0.3) is 0 Å². The fourth-order valence-electron chi connectivity index (χ4n) is 0.862. The van der Waals surface area contributed by atoms with Crippen molar-refractivity contribution in [3.63, 3.8) is 0 Å². The van der Waals surface area contributed by atoms with Crippen LogP contribution in [0.3, 0.4) is 0 Å². The van der Waals surface area contributed by atoms with Crippen LogP contribution in [0, 0.1) is 0 Å². The van der Waals surface area contributed by atoms with Gasteiger partial charge in [0.25, 0.3) is 0 Å². The molecule has 0 radical (unpaired) electrons. The molecule has 0 spiro atoms. The zero-order chi connectivity index (χ0) is 11.4. The van der Waals surface area contributed by atoms with Crippen LogP contribution < -0.4 is 5.32 Å². The van der Waals surface area contributed by atoms with Gasteiger partial charge in [-0.15, -0.1) is 0 Å². The Balaban J connectivity index is 4.29. The maximum absolute atomic E-state index is 10.9. The Morgan fingerprint density at radius 1 is 1.29 bits per heavy atom. The van der Waals surface area contributed by atoms with Crippen LogP contribution in [0.4, 0.5) is 0 Å². The van der Waals surface area contributed by atoms with Gasteiger partial charge in [0.05, 0.1) is 5.60 Å². The number of rotatable bonds is 6. The molecule has 0 aliphatic heterocycles. The van der Waals surface area contributed by atoms with Crippen LogP contribution in [0.2, 0.25) is 0 Å². The third kappa shape index (κ3) is 3.64. The molecule has 0 aromatic rings. The summed E-state index contributed by atoms with van der Waals surface area (Å²) in [6, 6.07) is 0. The third-order valence-electron chi connectivity index (χ3n) is 2.80. The largest absolute Gasteiger partial charge is 0.480 e. The van der Waals surface area contributed by atoms with Gasteiger partial charge in [-0.25, -0.2) is 0 Å². The number of β-amino-alcohol motifs (C(OH)–C–C–N with tert-alkyl or cyclic N) is 1. The number of carboxylic acids is 1. The fourth-order valence-corrected chi connectivity index (χ4v) is 0.862. The highest BCUT2D eigenvalue weighted by atomic mass is 16.4. The van der Waals surface area contributed by atoms with E-state index in [1.54, 1.807) is 13.8 Å². The zero-order valence-corrected chi connectivity index (χ0v) is 9.42. The first-order chi connectivity index (χ1) is 6.27. The lowest BCUT2D eigenvalue weighted by molar-refractivity contribution is -0.144. The van der Waals surface area contributed by atoms with E-state index in [-0.39, 0.29) is 0 Å². The molecule has 0 amide bonds. The summed E-state index contributed by atoms with van der Waals surface area (Å²) in [5.41, 5.74) is -1.79. The van der Waals surface area contributed by atoms with E-state index in [9.17, 15) is 9.90 Å². The molecule has 0 aromatic heterocycles. The Labute approximate surface area is 85.3 Å². The van der Waals surface area contributed by atoms with E-state index in [0.717, 1.165) is 0 Å². The summed E-state index contributed by atoms with van der Waals surface area (Å²) in [6.45, 7) is 7.28. The Kier molecular flexibility index (Phi) is 4.55. The lowest BCUT2D eigenvalue weighted by atomic mass is 9.96. The molecule has 0 bridgehead atoms. The van der Waals surface area contributed by atoms with Crippen LogP contribution in [0.15, 0.2) is 0 Å². The highest BCUT2D eigenvalue weighted by Gasteiger charge is 2.32. The molecule has 4 nitrogen and oxygen atoms in total.